The van der Waals surface area contributed by atoms with E-state index in [1.54, 1.807) is 22.4 Å². The highest BCUT2D eigenvalue weighted by atomic mass is 16.5. The zero-order chi connectivity index (χ0) is 42.0. The first-order valence-corrected chi connectivity index (χ1v) is 20.1. The maximum absolute atomic E-state index is 14.1. The number of amides is 4. The van der Waals surface area contributed by atoms with Crippen LogP contribution >= 0.6 is 0 Å². The molecule has 59 heavy (non-hydrogen) atoms. The molecule has 17 nitrogen and oxygen atoms in total. The average Bonchev–Trinajstić information content (AvgIpc) is 4.07. The number of nitrogens with one attached hydrogen (secondary N) is 3. The van der Waals surface area contributed by atoms with Crippen molar-refractivity contribution in [3.63, 3.8) is 0 Å². The number of carbonyl (C=O) groups is 4. The molecule has 3 aliphatic rings. The molecule has 4 atom stereocenters. The topological polar surface area (TPSA) is 193 Å². The van der Waals surface area contributed by atoms with Gasteiger partial charge in [0.15, 0.2) is 0 Å². The van der Waals surface area contributed by atoms with Crippen LogP contribution in [-0.2, 0) is 19.1 Å². The minimum Gasteiger partial charge on any atom is -0.465 e. The number of nitrogens with zero attached hydrogens (tertiary/aromatic N) is 7. The molecule has 4 amide bonds. The minimum absolute atomic E-state index is 0.0704. The highest BCUT2D eigenvalue weighted by molar-refractivity contribution is 5.87. The number of ether oxygens (including phenoxy) is 2. The largest absolute Gasteiger partial charge is 0.465 e. The van der Waals surface area contributed by atoms with Gasteiger partial charge >= 0.3 is 12.2 Å². The van der Waals surface area contributed by atoms with Crippen molar-refractivity contribution < 1.29 is 33.8 Å². The van der Waals surface area contributed by atoms with Crippen molar-refractivity contribution in [1.82, 2.24) is 50.2 Å². The third kappa shape index (κ3) is 8.54. The van der Waals surface area contributed by atoms with Gasteiger partial charge in [-0.1, -0.05) is 62.4 Å². The Kier molecular flexibility index (Phi) is 12.3. The minimum atomic E-state index is -1.15. The summed E-state index contributed by atoms with van der Waals surface area (Å²) in [7, 11) is 6.44. The first-order chi connectivity index (χ1) is 28.4. The number of likely N-dealkylation sites (N-methyl/N-ethyl adjacent to an activating group) is 1. The molecule has 314 valence electrons. The number of carbonyl (C=O) groups excluding carboxylic acids is 3. The molecule has 0 saturated carbocycles. The molecule has 2 aromatic heterocycles. The van der Waals surface area contributed by atoms with Crippen LogP contribution < -0.4 is 5.32 Å². The van der Waals surface area contributed by atoms with E-state index in [2.05, 4.69) is 44.5 Å². The Morgan fingerprint density at radius 2 is 1.24 bits per heavy atom. The summed E-state index contributed by atoms with van der Waals surface area (Å²) in [4.78, 5) is 69.4. The fraction of sp³-hybridized carbons (Fsp3) is 0.476. The lowest BCUT2D eigenvalue weighted by Gasteiger charge is -2.36. The number of carboxylic acid groups (broad SMARTS) is 1. The second-order valence-corrected chi connectivity index (χ2v) is 15.9. The monoisotopic (exact) mass is 810 g/mol. The van der Waals surface area contributed by atoms with Gasteiger partial charge in [0.25, 0.3) is 11.8 Å². The Bertz CT molecular complexity index is 2110. The maximum atomic E-state index is 14.1. The number of hydrazine groups is 2. The summed E-state index contributed by atoms with van der Waals surface area (Å²) in [6.45, 7) is 6.06. The molecule has 0 unspecified atom stereocenters. The Labute approximate surface area is 343 Å². The van der Waals surface area contributed by atoms with Crippen LogP contribution in [0.5, 0.6) is 0 Å². The van der Waals surface area contributed by atoms with Gasteiger partial charge in [-0.15, -0.1) is 0 Å². The maximum Gasteiger partial charge on any atom is 0.407 e. The third-order valence-corrected chi connectivity index (χ3v) is 11.8. The SMILES string of the molecule is COC(=O)N[C@H](C(=O)N1[C@H](c2ncc(-c3ccc(-c4ccc(-c5cnc([C@@H]6CCN(C)N6C(=O)[C@H](C(C)C)N(C)C(=O)O)[nH]5)cc4)cc3)[nH]2)CCN1C)C1CCOCC1. The van der Waals surface area contributed by atoms with Gasteiger partial charge in [-0.2, -0.15) is 0 Å². The summed E-state index contributed by atoms with van der Waals surface area (Å²) in [5.41, 5.74) is 5.60. The average molecular weight is 811 g/mol. The van der Waals surface area contributed by atoms with Gasteiger partial charge in [-0.05, 0) is 59.8 Å². The number of alkyl carbamates (subject to hydrolysis) is 1. The van der Waals surface area contributed by atoms with E-state index in [-0.39, 0.29) is 35.7 Å². The summed E-state index contributed by atoms with van der Waals surface area (Å²) >= 11 is 0. The van der Waals surface area contributed by atoms with Crippen LogP contribution in [0.15, 0.2) is 60.9 Å². The molecule has 4 N–H and O–H groups in total. The smallest absolute Gasteiger partial charge is 0.407 e. The van der Waals surface area contributed by atoms with E-state index in [1.807, 2.05) is 62.2 Å². The van der Waals surface area contributed by atoms with Gasteiger partial charge in [-0.3, -0.25) is 24.5 Å². The van der Waals surface area contributed by atoms with Gasteiger partial charge in [0.2, 0.25) is 0 Å². The van der Waals surface area contributed by atoms with Crippen molar-refractivity contribution >= 4 is 24.0 Å². The summed E-state index contributed by atoms with van der Waals surface area (Å²) in [6, 6.07) is 14.1. The highest BCUT2D eigenvalue weighted by Gasteiger charge is 2.44. The van der Waals surface area contributed by atoms with Crippen LogP contribution in [-0.4, -0.2) is 141 Å². The fourth-order valence-electron chi connectivity index (χ4n) is 8.60. The zero-order valence-corrected chi connectivity index (χ0v) is 34.4. The van der Waals surface area contributed by atoms with Crippen LogP contribution in [0.4, 0.5) is 9.59 Å². The van der Waals surface area contributed by atoms with E-state index < -0.39 is 24.3 Å². The van der Waals surface area contributed by atoms with Crippen LogP contribution in [0.1, 0.15) is 63.3 Å². The third-order valence-electron chi connectivity index (χ3n) is 11.8. The molecule has 3 saturated heterocycles. The standard InChI is InChI=1S/C42H54N10O7/c1-25(2)36(50(5)42(56)57)40(54)52-34(16-20-49(52)4)38-44-24-32(46-38)29-13-9-27(10-14-29)26-7-11-28(12-8-26)31-23-43-37(45-31)33-15-19-48(3)51(33)39(53)35(47-41(55)58-6)30-17-21-59-22-18-30/h7-14,23-25,30,33-36H,15-22H2,1-6H3,(H,43,45)(H,44,46)(H,47,55)(H,56,57)/t33-,34-,35-,36-/m0/s1. The number of aromatic amines is 2. The van der Waals surface area contributed by atoms with E-state index in [0.29, 0.717) is 63.6 Å². The summed E-state index contributed by atoms with van der Waals surface area (Å²) in [5.74, 6) is 0.563. The zero-order valence-electron chi connectivity index (χ0n) is 34.4. The number of H-pyrrole nitrogens is 2. The van der Waals surface area contributed by atoms with Gasteiger partial charge in [0.05, 0.1) is 30.9 Å². The second kappa shape index (κ2) is 17.6. The van der Waals surface area contributed by atoms with Gasteiger partial charge in [-0.25, -0.2) is 29.6 Å². The molecule has 0 bridgehead atoms. The lowest BCUT2D eigenvalue weighted by atomic mass is 9.90. The van der Waals surface area contributed by atoms with E-state index in [0.717, 1.165) is 38.5 Å². The molecule has 4 aromatic rings. The number of hydrogen-bond acceptors (Lipinski definition) is 10. The number of benzene rings is 2. The van der Waals surface area contributed by atoms with Crippen molar-refractivity contribution in [3.05, 3.63) is 72.6 Å². The van der Waals surface area contributed by atoms with Crippen LogP contribution in [0.3, 0.4) is 0 Å². The van der Waals surface area contributed by atoms with E-state index in [4.69, 9.17) is 14.5 Å². The highest BCUT2D eigenvalue weighted by Crippen LogP contribution is 2.36. The molecule has 0 aliphatic carbocycles. The molecule has 17 heteroatoms. The van der Waals surface area contributed by atoms with Gasteiger partial charge in [0, 0.05) is 47.4 Å². The van der Waals surface area contributed by atoms with Crippen molar-refractivity contribution in [3.8, 4) is 33.6 Å². The molecule has 0 radical (unpaired) electrons. The lowest BCUT2D eigenvalue weighted by Crippen LogP contribution is -2.55. The van der Waals surface area contributed by atoms with Crippen molar-refractivity contribution in [2.24, 2.45) is 11.8 Å². The predicted octanol–water partition coefficient (Wildman–Crippen LogP) is 5.16. The molecule has 7 rings (SSSR count). The predicted molar refractivity (Wildman–Crippen MR) is 218 cm³/mol. The quantitative estimate of drug-likeness (QED) is 0.157. The number of imidazole rings is 2. The summed E-state index contributed by atoms with van der Waals surface area (Å²) in [5, 5.41) is 19.5. The van der Waals surface area contributed by atoms with Crippen LogP contribution in [0.2, 0.25) is 0 Å². The number of methoxy groups -OCH3 is 1. The van der Waals surface area contributed by atoms with E-state index >= 15 is 0 Å². The summed E-state index contributed by atoms with van der Waals surface area (Å²) < 4.78 is 10.4. The van der Waals surface area contributed by atoms with Crippen LogP contribution in [0.25, 0.3) is 33.6 Å². The normalized spacial score (nSPS) is 20.2. The molecule has 3 fully saturated rings. The van der Waals surface area contributed by atoms with Crippen molar-refractivity contribution in [1.29, 1.82) is 0 Å². The Morgan fingerprint density at radius 3 is 1.68 bits per heavy atom. The first-order valence-electron chi connectivity index (χ1n) is 20.1. The van der Waals surface area contributed by atoms with E-state index in [1.165, 1.54) is 14.2 Å². The van der Waals surface area contributed by atoms with Crippen molar-refractivity contribution in [2.75, 3.05) is 54.6 Å². The van der Waals surface area contributed by atoms with Crippen molar-refractivity contribution in [2.45, 2.75) is 63.7 Å². The Balaban J connectivity index is 1.02. The van der Waals surface area contributed by atoms with Crippen LogP contribution in [0, 0.1) is 11.8 Å². The fourth-order valence-corrected chi connectivity index (χ4v) is 8.60. The molecule has 0 spiro atoms. The number of aromatic nitrogens is 4. The number of hydrogen-bond donors (Lipinski definition) is 4. The Morgan fingerprint density at radius 1 is 0.780 bits per heavy atom. The molecule has 3 aliphatic heterocycles. The molecular formula is C42H54N10O7. The lowest BCUT2D eigenvalue weighted by molar-refractivity contribution is -0.152. The van der Waals surface area contributed by atoms with E-state index in [9.17, 15) is 24.3 Å². The van der Waals surface area contributed by atoms with Gasteiger partial charge < -0.3 is 29.9 Å². The molecular weight excluding hydrogens is 757 g/mol. The number of rotatable bonds is 11. The Hall–Kier alpha value is -5.78. The molecule has 5 heterocycles. The summed E-state index contributed by atoms with van der Waals surface area (Å²) in [6.07, 6.45) is 4.45. The van der Waals surface area contributed by atoms with Gasteiger partial charge in [0.1, 0.15) is 35.8 Å². The molecule has 2 aromatic carbocycles. The first kappa shape index (κ1) is 41.4. The second-order valence-electron chi connectivity index (χ2n) is 15.9.